The van der Waals surface area contributed by atoms with Crippen molar-refractivity contribution in [2.75, 3.05) is 13.2 Å². The molecule has 1 aromatic rings. The Hall–Kier alpha value is -1.38. The van der Waals surface area contributed by atoms with E-state index < -0.39 is 13.0 Å². The number of nitrogens with one attached hydrogen (secondary N) is 1. The molecule has 0 aromatic heterocycles. The van der Waals surface area contributed by atoms with Crippen LogP contribution in [0.5, 0.6) is 5.75 Å². The third-order valence-electron chi connectivity index (χ3n) is 2.28. The third-order valence-corrected chi connectivity index (χ3v) is 2.28. The lowest BCUT2D eigenvalue weighted by Gasteiger charge is -2.07. The van der Waals surface area contributed by atoms with Crippen LogP contribution in [0.1, 0.15) is 12.5 Å². The molecule has 0 aliphatic heterocycles. The monoisotopic (exact) mass is 411 g/mol. The fourth-order valence-corrected chi connectivity index (χ4v) is 1.37. The molecule has 0 aliphatic rings. The van der Waals surface area contributed by atoms with Gasteiger partial charge in [0.15, 0.2) is 5.96 Å². The van der Waals surface area contributed by atoms with E-state index in [0.717, 1.165) is 11.1 Å². The van der Waals surface area contributed by atoms with Gasteiger partial charge in [-0.1, -0.05) is 24.3 Å². The molecule has 0 radical (unpaired) electrons. The van der Waals surface area contributed by atoms with Gasteiger partial charge in [-0.05, 0) is 24.6 Å². The molecular formula is C14H20F2IN3O. The number of guanidine groups is 1. The lowest BCUT2D eigenvalue weighted by Crippen LogP contribution is -2.32. The molecule has 0 saturated heterocycles. The summed E-state index contributed by atoms with van der Waals surface area (Å²) in [6.07, 6.45) is -2.49. The summed E-state index contributed by atoms with van der Waals surface area (Å²) in [5.74, 6) is 0.707. The van der Waals surface area contributed by atoms with Gasteiger partial charge in [-0.2, -0.15) is 0 Å². The number of aliphatic imine (C=N–C) groups is 1. The number of hydrogen-bond donors (Lipinski definition) is 2. The third kappa shape index (κ3) is 9.22. The summed E-state index contributed by atoms with van der Waals surface area (Å²) in [6, 6.07) is 6.84. The van der Waals surface area contributed by atoms with Gasteiger partial charge in [-0.15, -0.1) is 24.0 Å². The van der Waals surface area contributed by atoms with Crippen molar-refractivity contribution >= 4 is 29.9 Å². The van der Waals surface area contributed by atoms with Crippen molar-refractivity contribution < 1.29 is 13.5 Å². The van der Waals surface area contributed by atoms with Gasteiger partial charge in [0.05, 0.1) is 6.54 Å². The van der Waals surface area contributed by atoms with Crippen LogP contribution in [0, 0.1) is 0 Å². The zero-order valence-corrected chi connectivity index (χ0v) is 14.1. The summed E-state index contributed by atoms with van der Waals surface area (Å²) in [6.45, 7) is 5.91. The quantitative estimate of drug-likeness (QED) is 0.314. The maximum absolute atomic E-state index is 12.0. The summed E-state index contributed by atoms with van der Waals surface area (Å²) in [5, 5.41) is 2.90. The highest BCUT2D eigenvalue weighted by atomic mass is 127. The number of benzene rings is 1. The van der Waals surface area contributed by atoms with Gasteiger partial charge in [0.25, 0.3) is 6.43 Å². The Morgan fingerprint density at radius 2 is 2.19 bits per heavy atom. The van der Waals surface area contributed by atoms with E-state index in [4.69, 9.17) is 10.5 Å². The molecule has 0 heterocycles. The molecule has 1 aromatic carbocycles. The maximum Gasteiger partial charge on any atom is 0.272 e. The fourth-order valence-electron chi connectivity index (χ4n) is 1.37. The first-order valence-corrected chi connectivity index (χ1v) is 6.15. The first-order chi connectivity index (χ1) is 9.47. The molecule has 0 fully saturated rings. The second kappa shape index (κ2) is 10.4. The highest BCUT2D eigenvalue weighted by Crippen LogP contribution is 2.14. The SMILES string of the molecule is C=C(C)CNC(N)=NCc1cccc(OCC(F)F)c1.I. The largest absolute Gasteiger partial charge is 0.488 e. The van der Waals surface area contributed by atoms with E-state index in [2.05, 4.69) is 16.9 Å². The zero-order valence-electron chi connectivity index (χ0n) is 11.8. The minimum absolute atomic E-state index is 0. The molecule has 0 spiro atoms. The number of rotatable bonds is 7. The first kappa shape index (κ1) is 19.6. The van der Waals surface area contributed by atoms with Gasteiger partial charge in [-0.25, -0.2) is 13.8 Å². The fraction of sp³-hybridized carbons (Fsp3) is 0.357. The smallest absolute Gasteiger partial charge is 0.272 e. The predicted octanol–water partition coefficient (Wildman–Crippen LogP) is 2.93. The normalized spacial score (nSPS) is 11.0. The standard InChI is InChI=1S/C14H19F2N3O.HI/c1-10(2)7-18-14(17)19-8-11-4-3-5-12(6-11)20-9-13(15)16;/h3-6,13H,1,7-9H2,2H3,(H3,17,18,19);1H. The Morgan fingerprint density at radius 3 is 2.81 bits per heavy atom. The average molecular weight is 411 g/mol. The van der Waals surface area contributed by atoms with Crippen molar-refractivity contribution in [3.63, 3.8) is 0 Å². The van der Waals surface area contributed by atoms with E-state index in [0.29, 0.717) is 24.8 Å². The van der Waals surface area contributed by atoms with Crippen LogP contribution in [0.25, 0.3) is 0 Å². The molecule has 0 amide bonds. The van der Waals surface area contributed by atoms with E-state index in [1.165, 1.54) is 0 Å². The minimum atomic E-state index is -2.49. The average Bonchev–Trinajstić information content (AvgIpc) is 2.41. The van der Waals surface area contributed by atoms with Crippen LogP contribution in [0.3, 0.4) is 0 Å². The first-order valence-electron chi connectivity index (χ1n) is 6.15. The van der Waals surface area contributed by atoms with Crippen LogP contribution >= 0.6 is 24.0 Å². The lowest BCUT2D eigenvalue weighted by atomic mass is 10.2. The van der Waals surface area contributed by atoms with Crippen LogP contribution < -0.4 is 15.8 Å². The Balaban J connectivity index is 0.00000400. The van der Waals surface area contributed by atoms with E-state index in [-0.39, 0.29) is 24.0 Å². The molecule has 0 bridgehead atoms. The van der Waals surface area contributed by atoms with Crippen LogP contribution in [0.4, 0.5) is 8.78 Å². The van der Waals surface area contributed by atoms with E-state index in [1.807, 2.05) is 13.0 Å². The lowest BCUT2D eigenvalue weighted by molar-refractivity contribution is 0.0818. The van der Waals surface area contributed by atoms with Crippen LogP contribution in [0.15, 0.2) is 41.4 Å². The summed E-state index contributed by atoms with van der Waals surface area (Å²) >= 11 is 0. The van der Waals surface area contributed by atoms with Crippen LogP contribution in [-0.4, -0.2) is 25.5 Å². The van der Waals surface area contributed by atoms with Gasteiger partial charge in [0, 0.05) is 6.54 Å². The number of nitrogens with two attached hydrogens (primary N) is 1. The number of nitrogens with zero attached hydrogens (tertiary/aromatic N) is 1. The van der Waals surface area contributed by atoms with Gasteiger partial charge in [0.1, 0.15) is 12.4 Å². The summed E-state index contributed by atoms with van der Waals surface area (Å²) in [4.78, 5) is 4.14. The Bertz CT molecular complexity index is 481. The van der Waals surface area contributed by atoms with Crippen molar-refractivity contribution in [2.24, 2.45) is 10.7 Å². The zero-order chi connectivity index (χ0) is 15.0. The molecule has 0 aliphatic carbocycles. The molecule has 21 heavy (non-hydrogen) atoms. The topological polar surface area (TPSA) is 59.6 Å². The van der Waals surface area contributed by atoms with Gasteiger partial charge >= 0.3 is 0 Å². The Morgan fingerprint density at radius 1 is 1.48 bits per heavy atom. The minimum Gasteiger partial charge on any atom is -0.488 e. The predicted molar refractivity (Wildman–Crippen MR) is 91.5 cm³/mol. The van der Waals surface area contributed by atoms with E-state index in [1.54, 1.807) is 18.2 Å². The van der Waals surface area contributed by atoms with Gasteiger partial charge in [0.2, 0.25) is 0 Å². The molecule has 4 nitrogen and oxygen atoms in total. The summed E-state index contributed by atoms with van der Waals surface area (Å²) in [7, 11) is 0. The highest BCUT2D eigenvalue weighted by molar-refractivity contribution is 14.0. The van der Waals surface area contributed by atoms with Crippen molar-refractivity contribution in [2.45, 2.75) is 19.9 Å². The number of ether oxygens (including phenoxy) is 1. The molecular weight excluding hydrogens is 391 g/mol. The van der Waals surface area contributed by atoms with E-state index >= 15 is 0 Å². The second-order valence-electron chi connectivity index (χ2n) is 4.36. The van der Waals surface area contributed by atoms with Gasteiger partial charge < -0.3 is 15.8 Å². The van der Waals surface area contributed by atoms with Crippen LogP contribution in [0.2, 0.25) is 0 Å². The van der Waals surface area contributed by atoms with Crippen molar-refractivity contribution in [3.05, 3.63) is 42.0 Å². The molecule has 0 unspecified atom stereocenters. The molecule has 3 N–H and O–H groups in total. The molecule has 0 atom stereocenters. The summed E-state index contributed by atoms with van der Waals surface area (Å²) in [5.41, 5.74) is 7.45. The molecule has 118 valence electrons. The Kier molecular flexibility index (Phi) is 9.68. The van der Waals surface area contributed by atoms with Crippen molar-refractivity contribution in [1.29, 1.82) is 0 Å². The number of hydrogen-bond acceptors (Lipinski definition) is 2. The summed E-state index contributed by atoms with van der Waals surface area (Å²) < 4.78 is 29.0. The maximum atomic E-state index is 12.0. The van der Waals surface area contributed by atoms with Gasteiger partial charge in [-0.3, -0.25) is 0 Å². The number of halogens is 3. The second-order valence-corrected chi connectivity index (χ2v) is 4.36. The van der Waals surface area contributed by atoms with Crippen LogP contribution in [-0.2, 0) is 6.54 Å². The van der Waals surface area contributed by atoms with E-state index in [9.17, 15) is 8.78 Å². The highest BCUT2D eigenvalue weighted by Gasteiger charge is 2.03. The Labute approximate surface area is 140 Å². The number of alkyl halides is 2. The van der Waals surface area contributed by atoms with Crippen molar-refractivity contribution in [3.8, 4) is 5.75 Å². The molecule has 1 rings (SSSR count). The molecule has 7 heteroatoms. The molecule has 0 saturated carbocycles. The van der Waals surface area contributed by atoms with Crippen molar-refractivity contribution in [1.82, 2.24) is 5.32 Å².